The van der Waals surface area contributed by atoms with Crippen molar-refractivity contribution in [2.45, 2.75) is 6.18 Å². The van der Waals surface area contributed by atoms with Gasteiger partial charge in [0.1, 0.15) is 5.92 Å². The van der Waals surface area contributed by atoms with E-state index in [2.05, 4.69) is 15.8 Å². The van der Waals surface area contributed by atoms with Crippen LogP contribution in [0.2, 0.25) is 0 Å². The van der Waals surface area contributed by atoms with Crippen molar-refractivity contribution >= 4 is 17.6 Å². The molecule has 0 aliphatic carbocycles. The van der Waals surface area contributed by atoms with Crippen LogP contribution in [0.4, 0.5) is 13.2 Å². The number of hydrogen-bond donors (Lipinski definition) is 3. The number of carboxylic acid groups (broad SMARTS) is 1. The van der Waals surface area contributed by atoms with Gasteiger partial charge in [0.2, 0.25) is 5.91 Å². The lowest BCUT2D eigenvalue weighted by Crippen LogP contribution is -2.36. The van der Waals surface area contributed by atoms with Crippen LogP contribution in [0.15, 0.2) is 17.4 Å². The van der Waals surface area contributed by atoms with Crippen LogP contribution in [-0.4, -0.2) is 35.4 Å². The molecule has 0 saturated carbocycles. The van der Waals surface area contributed by atoms with Crippen LogP contribution >= 0.6 is 0 Å². The number of amides is 1. The number of carbonyl (C=O) groups is 2. The van der Waals surface area contributed by atoms with Crippen molar-refractivity contribution in [2.24, 2.45) is 11.0 Å². The average Bonchev–Trinajstić information content (AvgIpc) is 2.66. The van der Waals surface area contributed by atoms with Crippen LogP contribution in [0.5, 0.6) is 0 Å². The highest BCUT2D eigenvalue weighted by Gasteiger charge is 2.38. The number of hydrazone groups is 1. The molecular formula is C8H8F3N3O3. The number of hydrogen-bond acceptors (Lipinski definition) is 4. The Morgan fingerprint density at radius 2 is 2.12 bits per heavy atom. The molecule has 0 radical (unpaired) electrons. The molecule has 0 fully saturated rings. The molecule has 0 saturated heterocycles. The van der Waals surface area contributed by atoms with Gasteiger partial charge in [-0.2, -0.15) is 18.3 Å². The molecule has 0 bridgehead atoms. The monoisotopic (exact) mass is 251 g/mol. The van der Waals surface area contributed by atoms with Gasteiger partial charge in [-0.1, -0.05) is 0 Å². The van der Waals surface area contributed by atoms with Crippen LogP contribution in [-0.2, 0) is 9.59 Å². The number of carbonyl (C=O) groups excluding carboxylic acids is 1. The van der Waals surface area contributed by atoms with Crippen molar-refractivity contribution in [2.75, 3.05) is 6.54 Å². The minimum Gasteiger partial charge on any atom is -0.475 e. The molecule has 0 spiro atoms. The van der Waals surface area contributed by atoms with Gasteiger partial charge in [-0.15, -0.1) is 0 Å². The van der Waals surface area contributed by atoms with E-state index in [-0.39, 0.29) is 11.8 Å². The van der Waals surface area contributed by atoms with E-state index in [4.69, 9.17) is 9.90 Å². The minimum absolute atomic E-state index is 0.0336. The summed E-state index contributed by atoms with van der Waals surface area (Å²) in [6.45, 7) is 0.630. The third-order valence-electron chi connectivity index (χ3n) is 1.90. The molecule has 3 N–H and O–H groups in total. The standard InChI is InChI=1S/C6H7N3O.C2HF3O2/c10-6-4-3-8-9-5(4)1-2-7-6;3-2(4,5)1(6)7/h1-2,4,8H,3H2,(H,7,10);(H,6,7). The van der Waals surface area contributed by atoms with Crippen LogP contribution in [0.3, 0.4) is 0 Å². The van der Waals surface area contributed by atoms with Crippen molar-refractivity contribution < 1.29 is 27.9 Å². The fourth-order valence-corrected chi connectivity index (χ4v) is 1.10. The topological polar surface area (TPSA) is 90.8 Å². The Labute approximate surface area is 93.2 Å². The number of nitrogens with zero attached hydrogens (tertiary/aromatic N) is 1. The Morgan fingerprint density at radius 1 is 1.53 bits per heavy atom. The predicted octanol–water partition coefficient (Wildman–Crippen LogP) is -0.161. The summed E-state index contributed by atoms with van der Waals surface area (Å²) in [5.41, 5.74) is 3.61. The van der Waals surface area contributed by atoms with Crippen LogP contribution < -0.4 is 10.7 Å². The lowest BCUT2D eigenvalue weighted by molar-refractivity contribution is -0.192. The molecule has 2 rings (SSSR count). The summed E-state index contributed by atoms with van der Waals surface area (Å²) in [4.78, 5) is 19.9. The van der Waals surface area contributed by atoms with Gasteiger partial charge in [0, 0.05) is 6.20 Å². The van der Waals surface area contributed by atoms with E-state index in [1.807, 2.05) is 6.08 Å². The Morgan fingerprint density at radius 3 is 2.59 bits per heavy atom. The number of halogens is 3. The third-order valence-corrected chi connectivity index (χ3v) is 1.90. The van der Waals surface area contributed by atoms with Crippen LogP contribution in [0.25, 0.3) is 0 Å². The second-order valence-corrected chi connectivity index (χ2v) is 3.10. The Bertz CT molecular complexity index is 389. The van der Waals surface area contributed by atoms with E-state index in [9.17, 15) is 18.0 Å². The Balaban J connectivity index is 0.000000185. The van der Waals surface area contributed by atoms with Gasteiger partial charge in [0.05, 0.1) is 12.3 Å². The maximum Gasteiger partial charge on any atom is 0.490 e. The molecule has 94 valence electrons. The number of nitrogens with one attached hydrogen (secondary N) is 2. The molecule has 1 atom stereocenters. The van der Waals surface area contributed by atoms with Gasteiger partial charge in [0.25, 0.3) is 0 Å². The molecule has 2 aliphatic heterocycles. The van der Waals surface area contributed by atoms with E-state index in [0.717, 1.165) is 5.71 Å². The van der Waals surface area contributed by atoms with Crippen molar-refractivity contribution in [1.29, 1.82) is 0 Å². The largest absolute Gasteiger partial charge is 0.490 e. The molecule has 17 heavy (non-hydrogen) atoms. The molecule has 0 aromatic heterocycles. The summed E-state index contributed by atoms with van der Waals surface area (Å²) in [6.07, 6.45) is -1.66. The smallest absolute Gasteiger partial charge is 0.475 e. The first kappa shape index (κ1) is 13.0. The summed E-state index contributed by atoms with van der Waals surface area (Å²) in [5.74, 6) is -2.79. The Hall–Kier alpha value is -2.06. The summed E-state index contributed by atoms with van der Waals surface area (Å²) < 4.78 is 31.7. The highest BCUT2D eigenvalue weighted by Crippen LogP contribution is 2.13. The first-order valence-electron chi connectivity index (χ1n) is 4.40. The van der Waals surface area contributed by atoms with Crippen molar-refractivity contribution in [3.8, 4) is 0 Å². The van der Waals surface area contributed by atoms with Gasteiger partial charge < -0.3 is 15.8 Å². The summed E-state index contributed by atoms with van der Waals surface area (Å²) in [5, 5.41) is 13.7. The molecule has 1 amide bonds. The van der Waals surface area contributed by atoms with E-state index in [1.54, 1.807) is 6.20 Å². The maximum absolute atomic E-state index is 11.0. The van der Waals surface area contributed by atoms with Crippen molar-refractivity contribution in [3.63, 3.8) is 0 Å². The van der Waals surface area contributed by atoms with Crippen molar-refractivity contribution in [3.05, 3.63) is 12.3 Å². The lowest BCUT2D eigenvalue weighted by Gasteiger charge is -2.11. The normalized spacial score (nSPS) is 21.5. The maximum atomic E-state index is 11.0. The zero-order chi connectivity index (χ0) is 13.1. The molecule has 2 heterocycles. The van der Waals surface area contributed by atoms with Gasteiger partial charge in [0.15, 0.2) is 0 Å². The van der Waals surface area contributed by atoms with Crippen molar-refractivity contribution in [1.82, 2.24) is 10.7 Å². The first-order chi connectivity index (χ1) is 7.82. The minimum atomic E-state index is -5.08. The van der Waals surface area contributed by atoms with Gasteiger partial charge in [-0.05, 0) is 6.08 Å². The lowest BCUT2D eigenvalue weighted by atomic mass is 10.0. The number of rotatable bonds is 0. The fraction of sp³-hybridized carbons (Fsp3) is 0.375. The number of aliphatic carboxylic acids is 1. The van der Waals surface area contributed by atoms with E-state index in [0.29, 0.717) is 6.54 Å². The molecule has 6 nitrogen and oxygen atoms in total. The number of alkyl halides is 3. The molecule has 0 aromatic rings. The van der Waals surface area contributed by atoms with Gasteiger partial charge in [-0.3, -0.25) is 4.79 Å². The van der Waals surface area contributed by atoms with Gasteiger partial charge in [-0.25, -0.2) is 4.79 Å². The first-order valence-corrected chi connectivity index (χ1v) is 4.40. The molecular weight excluding hydrogens is 243 g/mol. The average molecular weight is 251 g/mol. The van der Waals surface area contributed by atoms with Crippen LogP contribution in [0, 0.1) is 5.92 Å². The SMILES string of the molecule is O=C(O)C(F)(F)F.O=C1NC=CC2=NNCC12. The van der Waals surface area contributed by atoms with E-state index >= 15 is 0 Å². The summed E-state index contributed by atoms with van der Waals surface area (Å²) >= 11 is 0. The van der Waals surface area contributed by atoms with E-state index < -0.39 is 12.1 Å². The second kappa shape index (κ2) is 4.85. The number of carboxylic acids is 1. The molecule has 2 aliphatic rings. The highest BCUT2D eigenvalue weighted by atomic mass is 19.4. The molecule has 0 aromatic carbocycles. The fourth-order valence-electron chi connectivity index (χ4n) is 1.10. The highest BCUT2D eigenvalue weighted by molar-refractivity contribution is 6.13. The van der Waals surface area contributed by atoms with Gasteiger partial charge >= 0.3 is 12.1 Å². The van der Waals surface area contributed by atoms with E-state index in [1.165, 1.54) is 0 Å². The zero-order valence-electron chi connectivity index (χ0n) is 8.28. The third kappa shape index (κ3) is 3.47. The summed E-state index contributed by atoms with van der Waals surface area (Å²) in [6, 6.07) is 0. The zero-order valence-corrected chi connectivity index (χ0v) is 8.28. The van der Waals surface area contributed by atoms with Crippen LogP contribution in [0.1, 0.15) is 0 Å². The quantitative estimate of drug-likeness (QED) is 0.558. The second-order valence-electron chi connectivity index (χ2n) is 3.10. The Kier molecular flexibility index (Phi) is 3.71. The molecule has 9 heteroatoms. The summed E-state index contributed by atoms with van der Waals surface area (Å²) in [7, 11) is 0. The number of fused-ring (bicyclic) bond motifs is 1. The predicted molar refractivity (Wildman–Crippen MR) is 49.9 cm³/mol. The number of allylic oxidation sites excluding steroid dienone is 1. The molecule has 1 unspecified atom stereocenters.